The number of carbonyl (C=O) groups excluding carboxylic acids is 1. The fourth-order valence-electron chi connectivity index (χ4n) is 3.96. The first-order valence-corrected chi connectivity index (χ1v) is 11.9. The summed E-state index contributed by atoms with van der Waals surface area (Å²) >= 11 is 0. The van der Waals surface area contributed by atoms with Crippen molar-refractivity contribution in [1.29, 1.82) is 0 Å². The summed E-state index contributed by atoms with van der Waals surface area (Å²) in [5.41, 5.74) is 2.89. The highest BCUT2D eigenvalue weighted by atomic mass is 16.5. The highest BCUT2D eigenvalue weighted by molar-refractivity contribution is 5.94. The van der Waals surface area contributed by atoms with Crippen molar-refractivity contribution in [3.8, 4) is 28.8 Å². The SMILES string of the molecule is COCCN(Cc1c(C)nn(-c2ccccc2)c1Oc1ccccc1OC)C(=O)c1cccc(OC)c1. The van der Waals surface area contributed by atoms with E-state index in [0.717, 1.165) is 16.9 Å². The van der Waals surface area contributed by atoms with E-state index in [-0.39, 0.29) is 12.5 Å². The van der Waals surface area contributed by atoms with E-state index in [9.17, 15) is 4.79 Å². The van der Waals surface area contributed by atoms with Crippen LogP contribution in [0, 0.1) is 6.92 Å². The van der Waals surface area contributed by atoms with Crippen molar-refractivity contribution in [2.45, 2.75) is 13.5 Å². The molecule has 0 aliphatic rings. The zero-order chi connectivity index (χ0) is 26.2. The van der Waals surface area contributed by atoms with Gasteiger partial charge in [-0.15, -0.1) is 0 Å². The standard InChI is InChI=1S/C29H31N3O5/c1-21-25(20-31(17-18-34-2)28(33)22-11-10-14-24(19-22)35-3)29(32(30-21)23-12-6-5-7-13-23)37-27-16-9-8-15-26(27)36-4/h5-16,19H,17-18,20H2,1-4H3. The Morgan fingerprint density at radius 2 is 1.62 bits per heavy atom. The average molecular weight is 502 g/mol. The summed E-state index contributed by atoms with van der Waals surface area (Å²) in [5, 5.41) is 4.79. The molecule has 192 valence electrons. The molecule has 0 atom stereocenters. The number of methoxy groups -OCH3 is 3. The van der Waals surface area contributed by atoms with Crippen LogP contribution in [0.15, 0.2) is 78.9 Å². The molecule has 1 heterocycles. The van der Waals surface area contributed by atoms with Gasteiger partial charge in [-0.3, -0.25) is 4.79 Å². The number of benzene rings is 3. The molecule has 8 nitrogen and oxygen atoms in total. The van der Waals surface area contributed by atoms with E-state index in [1.165, 1.54) is 0 Å². The predicted molar refractivity (Wildman–Crippen MR) is 141 cm³/mol. The van der Waals surface area contributed by atoms with Crippen LogP contribution in [0.2, 0.25) is 0 Å². The van der Waals surface area contributed by atoms with Gasteiger partial charge in [-0.05, 0) is 49.4 Å². The molecule has 0 spiro atoms. The van der Waals surface area contributed by atoms with Gasteiger partial charge in [-0.1, -0.05) is 36.4 Å². The van der Waals surface area contributed by atoms with Gasteiger partial charge in [0.15, 0.2) is 11.5 Å². The molecule has 0 N–H and O–H groups in total. The first kappa shape index (κ1) is 25.8. The van der Waals surface area contributed by atoms with Crippen LogP contribution in [0.3, 0.4) is 0 Å². The molecule has 3 aromatic carbocycles. The number of hydrogen-bond acceptors (Lipinski definition) is 6. The Hall–Kier alpha value is -4.30. The molecular formula is C29H31N3O5. The lowest BCUT2D eigenvalue weighted by Gasteiger charge is -2.23. The van der Waals surface area contributed by atoms with Crippen LogP contribution in [-0.2, 0) is 11.3 Å². The van der Waals surface area contributed by atoms with E-state index in [4.69, 9.17) is 24.0 Å². The molecule has 8 heteroatoms. The van der Waals surface area contributed by atoms with Crippen molar-refractivity contribution >= 4 is 5.91 Å². The zero-order valence-corrected chi connectivity index (χ0v) is 21.5. The number of aromatic nitrogens is 2. The molecule has 0 saturated carbocycles. The van der Waals surface area contributed by atoms with E-state index in [2.05, 4.69) is 0 Å². The van der Waals surface area contributed by atoms with Gasteiger partial charge in [0.25, 0.3) is 5.91 Å². The van der Waals surface area contributed by atoms with Crippen molar-refractivity contribution < 1.29 is 23.7 Å². The third-order valence-corrected chi connectivity index (χ3v) is 5.93. The first-order valence-electron chi connectivity index (χ1n) is 11.9. The van der Waals surface area contributed by atoms with Crippen LogP contribution in [0.1, 0.15) is 21.6 Å². The minimum atomic E-state index is -0.147. The normalized spacial score (nSPS) is 10.7. The van der Waals surface area contributed by atoms with Gasteiger partial charge in [0.1, 0.15) is 5.75 Å². The Morgan fingerprint density at radius 3 is 2.32 bits per heavy atom. The summed E-state index contributed by atoms with van der Waals surface area (Å²) < 4.78 is 24.4. The fraction of sp³-hybridized carbons (Fsp3) is 0.241. The number of hydrogen-bond donors (Lipinski definition) is 0. The maximum Gasteiger partial charge on any atom is 0.254 e. The molecular weight excluding hydrogens is 470 g/mol. The van der Waals surface area contributed by atoms with Gasteiger partial charge >= 0.3 is 0 Å². The van der Waals surface area contributed by atoms with Crippen LogP contribution < -0.4 is 14.2 Å². The minimum absolute atomic E-state index is 0.147. The van der Waals surface area contributed by atoms with Crippen LogP contribution in [0.25, 0.3) is 5.69 Å². The topological polar surface area (TPSA) is 75.0 Å². The van der Waals surface area contributed by atoms with Gasteiger partial charge in [0.2, 0.25) is 5.88 Å². The molecule has 4 aromatic rings. The number of amides is 1. The van der Waals surface area contributed by atoms with Crippen molar-refractivity contribution in [2.24, 2.45) is 0 Å². The third-order valence-electron chi connectivity index (χ3n) is 5.93. The molecule has 4 rings (SSSR count). The lowest BCUT2D eigenvalue weighted by atomic mass is 10.1. The molecule has 0 radical (unpaired) electrons. The van der Waals surface area contributed by atoms with Gasteiger partial charge in [0.05, 0.1) is 44.3 Å². The van der Waals surface area contributed by atoms with E-state index in [1.54, 1.807) is 49.1 Å². The van der Waals surface area contributed by atoms with E-state index in [1.807, 2.05) is 67.6 Å². The number of carbonyl (C=O) groups is 1. The first-order chi connectivity index (χ1) is 18.0. The quantitative estimate of drug-likeness (QED) is 0.278. The molecule has 0 aliphatic carbocycles. The zero-order valence-electron chi connectivity index (χ0n) is 21.5. The Labute approximate surface area is 217 Å². The number of rotatable bonds is 11. The molecule has 0 bridgehead atoms. The molecule has 0 saturated heterocycles. The van der Waals surface area contributed by atoms with Crippen molar-refractivity contribution in [3.63, 3.8) is 0 Å². The van der Waals surface area contributed by atoms with Crippen LogP contribution in [-0.4, -0.2) is 55.1 Å². The van der Waals surface area contributed by atoms with Gasteiger partial charge in [0, 0.05) is 19.2 Å². The monoisotopic (exact) mass is 501 g/mol. The minimum Gasteiger partial charge on any atom is -0.497 e. The number of para-hydroxylation sites is 3. The molecule has 1 amide bonds. The van der Waals surface area contributed by atoms with E-state index in [0.29, 0.717) is 41.8 Å². The van der Waals surface area contributed by atoms with Gasteiger partial charge in [-0.2, -0.15) is 5.10 Å². The average Bonchev–Trinajstić information content (AvgIpc) is 3.25. The summed E-state index contributed by atoms with van der Waals surface area (Å²) in [5.74, 6) is 2.12. The van der Waals surface area contributed by atoms with E-state index >= 15 is 0 Å². The number of ether oxygens (including phenoxy) is 4. The second kappa shape index (κ2) is 12.1. The highest BCUT2D eigenvalue weighted by Crippen LogP contribution is 2.36. The number of aryl methyl sites for hydroxylation is 1. The summed E-state index contributed by atoms with van der Waals surface area (Å²) in [6, 6.07) is 24.3. The van der Waals surface area contributed by atoms with Crippen molar-refractivity contribution in [1.82, 2.24) is 14.7 Å². The summed E-state index contributed by atoms with van der Waals surface area (Å²) in [6.45, 7) is 2.94. The summed E-state index contributed by atoms with van der Waals surface area (Å²) in [7, 11) is 4.79. The van der Waals surface area contributed by atoms with Gasteiger partial charge < -0.3 is 23.8 Å². The summed E-state index contributed by atoms with van der Waals surface area (Å²) in [6.07, 6.45) is 0. The Bertz CT molecular complexity index is 1340. The second-order valence-electron chi connectivity index (χ2n) is 8.32. The Kier molecular flexibility index (Phi) is 8.43. The van der Waals surface area contributed by atoms with E-state index < -0.39 is 0 Å². The predicted octanol–water partition coefficient (Wildman–Crippen LogP) is 5.28. The van der Waals surface area contributed by atoms with Crippen LogP contribution >= 0.6 is 0 Å². The lowest BCUT2D eigenvalue weighted by molar-refractivity contribution is 0.0678. The Balaban J connectivity index is 1.77. The molecule has 0 aliphatic heterocycles. The summed E-state index contributed by atoms with van der Waals surface area (Å²) in [4.78, 5) is 15.3. The van der Waals surface area contributed by atoms with Crippen molar-refractivity contribution in [3.05, 3.63) is 95.7 Å². The van der Waals surface area contributed by atoms with Crippen LogP contribution in [0.5, 0.6) is 23.1 Å². The maximum absolute atomic E-state index is 13.6. The molecule has 0 unspecified atom stereocenters. The third kappa shape index (κ3) is 5.92. The second-order valence-corrected chi connectivity index (χ2v) is 8.32. The fourth-order valence-corrected chi connectivity index (χ4v) is 3.96. The van der Waals surface area contributed by atoms with Crippen molar-refractivity contribution in [2.75, 3.05) is 34.5 Å². The Morgan fingerprint density at radius 1 is 0.892 bits per heavy atom. The molecule has 37 heavy (non-hydrogen) atoms. The van der Waals surface area contributed by atoms with Crippen LogP contribution in [0.4, 0.5) is 0 Å². The largest absolute Gasteiger partial charge is 0.497 e. The molecule has 0 fully saturated rings. The number of nitrogens with zero attached hydrogens (tertiary/aromatic N) is 3. The lowest BCUT2D eigenvalue weighted by Crippen LogP contribution is -2.33. The highest BCUT2D eigenvalue weighted by Gasteiger charge is 2.25. The van der Waals surface area contributed by atoms with Gasteiger partial charge in [-0.25, -0.2) is 4.68 Å². The molecule has 1 aromatic heterocycles. The maximum atomic E-state index is 13.6. The smallest absolute Gasteiger partial charge is 0.254 e.